The van der Waals surface area contributed by atoms with Gasteiger partial charge in [0.2, 0.25) is 0 Å². The Balaban J connectivity index is 3.09. The van der Waals surface area contributed by atoms with Crippen LogP contribution in [0.4, 0.5) is 0 Å². The predicted octanol–water partition coefficient (Wildman–Crippen LogP) is 2.92. The van der Waals surface area contributed by atoms with Crippen LogP contribution in [0, 0.1) is 0 Å². The SMILES string of the molecule is CC(=N/C(C)=C(\C)C(=O)O)c1cncc(Cl)c1. The zero-order valence-corrected chi connectivity index (χ0v) is 10.6. The van der Waals surface area contributed by atoms with Crippen molar-refractivity contribution in [3.05, 3.63) is 40.3 Å². The van der Waals surface area contributed by atoms with Gasteiger partial charge in [-0.1, -0.05) is 11.6 Å². The van der Waals surface area contributed by atoms with E-state index in [-0.39, 0.29) is 5.57 Å². The van der Waals surface area contributed by atoms with Crippen molar-refractivity contribution in [2.24, 2.45) is 4.99 Å². The molecule has 0 saturated heterocycles. The van der Waals surface area contributed by atoms with Crippen LogP contribution < -0.4 is 0 Å². The van der Waals surface area contributed by atoms with Gasteiger partial charge in [-0.2, -0.15) is 0 Å². The van der Waals surface area contributed by atoms with Gasteiger partial charge in [0.1, 0.15) is 0 Å². The summed E-state index contributed by atoms with van der Waals surface area (Å²) in [4.78, 5) is 18.9. The van der Waals surface area contributed by atoms with E-state index >= 15 is 0 Å². The molecule has 0 amide bonds. The number of pyridine rings is 1. The standard InChI is InChI=1S/C12H13ClN2O2/c1-7(12(16)17)8(2)15-9(3)10-4-11(13)6-14-5-10/h4-6H,1-3H3,(H,16,17)/b8-7+,15-9?. The molecule has 90 valence electrons. The van der Waals surface area contributed by atoms with E-state index in [2.05, 4.69) is 9.98 Å². The van der Waals surface area contributed by atoms with E-state index in [1.165, 1.54) is 13.1 Å². The predicted molar refractivity (Wildman–Crippen MR) is 67.5 cm³/mol. The molecule has 5 heteroatoms. The van der Waals surface area contributed by atoms with Crippen molar-refractivity contribution < 1.29 is 9.90 Å². The van der Waals surface area contributed by atoms with Gasteiger partial charge in [-0.15, -0.1) is 0 Å². The summed E-state index contributed by atoms with van der Waals surface area (Å²) in [7, 11) is 0. The van der Waals surface area contributed by atoms with Crippen molar-refractivity contribution in [3.8, 4) is 0 Å². The fourth-order valence-electron chi connectivity index (χ4n) is 1.16. The lowest BCUT2D eigenvalue weighted by molar-refractivity contribution is -0.132. The fraction of sp³-hybridized carbons (Fsp3) is 0.250. The molecule has 0 aliphatic heterocycles. The van der Waals surface area contributed by atoms with Crippen molar-refractivity contribution in [1.82, 2.24) is 4.98 Å². The summed E-state index contributed by atoms with van der Waals surface area (Å²) in [5.74, 6) is -0.969. The Morgan fingerprint density at radius 1 is 1.35 bits per heavy atom. The van der Waals surface area contributed by atoms with E-state index < -0.39 is 5.97 Å². The van der Waals surface area contributed by atoms with Crippen LogP contribution in [-0.4, -0.2) is 21.8 Å². The number of allylic oxidation sites excluding steroid dienone is 1. The lowest BCUT2D eigenvalue weighted by Crippen LogP contribution is -2.01. The minimum Gasteiger partial charge on any atom is -0.478 e. The second-order valence-corrected chi connectivity index (χ2v) is 4.04. The molecule has 1 rings (SSSR count). The third kappa shape index (κ3) is 3.67. The first-order valence-electron chi connectivity index (χ1n) is 4.99. The molecular formula is C12H13ClN2O2. The van der Waals surface area contributed by atoms with Crippen LogP contribution in [-0.2, 0) is 4.79 Å². The number of nitrogens with zero attached hydrogens (tertiary/aromatic N) is 2. The van der Waals surface area contributed by atoms with Gasteiger partial charge in [0.05, 0.1) is 10.6 Å². The molecule has 17 heavy (non-hydrogen) atoms. The molecule has 0 aliphatic carbocycles. The van der Waals surface area contributed by atoms with Crippen molar-refractivity contribution in [2.75, 3.05) is 0 Å². The number of carboxylic acids is 1. The molecular weight excluding hydrogens is 240 g/mol. The number of aliphatic imine (C=N–C) groups is 1. The largest absolute Gasteiger partial charge is 0.478 e. The van der Waals surface area contributed by atoms with E-state index in [0.717, 1.165) is 5.56 Å². The Morgan fingerprint density at radius 3 is 2.53 bits per heavy atom. The van der Waals surface area contributed by atoms with E-state index in [1.54, 1.807) is 26.1 Å². The monoisotopic (exact) mass is 252 g/mol. The van der Waals surface area contributed by atoms with Gasteiger partial charge >= 0.3 is 5.97 Å². The summed E-state index contributed by atoms with van der Waals surface area (Å²) in [5.41, 5.74) is 2.14. The maximum Gasteiger partial charge on any atom is 0.333 e. The first kappa shape index (κ1) is 13.4. The highest BCUT2D eigenvalue weighted by Crippen LogP contribution is 2.12. The lowest BCUT2D eigenvalue weighted by atomic mass is 10.2. The minimum atomic E-state index is -0.969. The summed E-state index contributed by atoms with van der Waals surface area (Å²) in [6.07, 6.45) is 3.16. The smallest absolute Gasteiger partial charge is 0.333 e. The second kappa shape index (κ2) is 5.59. The second-order valence-electron chi connectivity index (χ2n) is 3.60. The highest BCUT2D eigenvalue weighted by molar-refractivity contribution is 6.30. The van der Waals surface area contributed by atoms with Gasteiger partial charge in [-0.3, -0.25) is 9.98 Å². The van der Waals surface area contributed by atoms with Crippen LogP contribution in [0.15, 0.2) is 34.7 Å². The number of halogens is 1. The van der Waals surface area contributed by atoms with Gasteiger partial charge < -0.3 is 5.11 Å². The quantitative estimate of drug-likeness (QED) is 0.665. The molecule has 0 atom stereocenters. The first-order valence-corrected chi connectivity index (χ1v) is 5.36. The van der Waals surface area contributed by atoms with Crippen LogP contribution in [0.3, 0.4) is 0 Å². The number of carbonyl (C=O) groups is 1. The van der Waals surface area contributed by atoms with Crippen LogP contribution in [0.1, 0.15) is 26.3 Å². The van der Waals surface area contributed by atoms with Gasteiger partial charge in [-0.05, 0) is 26.8 Å². The highest BCUT2D eigenvalue weighted by Gasteiger charge is 2.05. The van der Waals surface area contributed by atoms with Gasteiger partial charge in [0.25, 0.3) is 0 Å². The normalized spacial score (nSPS) is 13.3. The number of aliphatic carboxylic acids is 1. The Labute approximate surface area is 105 Å². The summed E-state index contributed by atoms with van der Waals surface area (Å²) in [6, 6.07) is 1.73. The average molecular weight is 253 g/mol. The maximum absolute atomic E-state index is 10.8. The third-order valence-electron chi connectivity index (χ3n) is 2.32. The first-order chi connectivity index (χ1) is 7.91. The molecule has 0 aromatic carbocycles. The van der Waals surface area contributed by atoms with Crippen LogP contribution in [0.5, 0.6) is 0 Å². The third-order valence-corrected chi connectivity index (χ3v) is 2.53. The van der Waals surface area contributed by atoms with E-state index in [4.69, 9.17) is 16.7 Å². The molecule has 0 unspecified atom stereocenters. The minimum absolute atomic E-state index is 0.222. The Kier molecular flexibility index (Phi) is 4.40. The molecule has 0 radical (unpaired) electrons. The van der Waals surface area contributed by atoms with Crippen molar-refractivity contribution in [2.45, 2.75) is 20.8 Å². The van der Waals surface area contributed by atoms with E-state index in [9.17, 15) is 4.79 Å². The topological polar surface area (TPSA) is 62.5 Å². The van der Waals surface area contributed by atoms with Gasteiger partial charge in [-0.25, -0.2) is 4.79 Å². The molecule has 0 spiro atoms. The summed E-state index contributed by atoms with van der Waals surface area (Å²) < 4.78 is 0. The van der Waals surface area contributed by atoms with E-state index in [1.807, 2.05) is 0 Å². The van der Waals surface area contributed by atoms with Gasteiger partial charge in [0.15, 0.2) is 0 Å². The Hall–Kier alpha value is -1.68. The van der Waals surface area contributed by atoms with Crippen LogP contribution in [0.2, 0.25) is 5.02 Å². The molecule has 0 fully saturated rings. The molecule has 1 N–H and O–H groups in total. The van der Waals surface area contributed by atoms with Gasteiger partial charge in [0, 0.05) is 29.4 Å². The van der Waals surface area contributed by atoms with Crippen LogP contribution >= 0.6 is 11.6 Å². The lowest BCUT2D eigenvalue weighted by Gasteiger charge is -2.03. The average Bonchev–Trinajstić information content (AvgIpc) is 2.27. The number of hydrogen-bond donors (Lipinski definition) is 1. The molecule has 0 bridgehead atoms. The molecule has 0 aliphatic rings. The summed E-state index contributed by atoms with van der Waals surface area (Å²) in [6.45, 7) is 4.96. The van der Waals surface area contributed by atoms with Crippen molar-refractivity contribution in [3.63, 3.8) is 0 Å². The molecule has 4 nitrogen and oxygen atoms in total. The van der Waals surface area contributed by atoms with E-state index in [0.29, 0.717) is 16.4 Å². The number of rotatable bonds is 3. The van der Waals surface area contributed by atoms with Crippen molar-refractivity contribution in [1.29, 1.82) is 0 Å². The zero-order chi connectivity index (χ0) is 13.0. The van der Waals surface area contributed by atoms with Crippen molar-refractivity contribution >= 4 is 23.3 Å². The highest BCUT2D eigenvalue weighted by atomic mass is 35.5. The zero-order valence-electron chi connectivity index (χ0n) is 9.86. The number of aromatic nitrogens is 1. The Bertz CT molecular complexity index is 507. The Morgan fingerprint density at radius 2 is 2.00 bits per heavy atom. The molecule has 1 aromatic heterocycles. The molecule has 1 aromatic rings. The maximum atomic E-state index is 10.8. The van der Waals surface area contributed by atoms with Crippen LogP contribution in [0.25, 0.3) is 0 Å². The number of hydrogen-bond acceptors (Lipinski definition) is 3. The molecule has 0 saturated carbocycles. The summed E-state index contributed by atoms with van der Waals surface area (Å²) >= 11 is 5.81. The fourth-order valence-corrected chi connectivity index (χ4v) is 1.34. The number of carboxylic acid groups (broad SMARTS) is 1. The molecule has 1 heterocycles. The summed E-state index contributed by atoms with van der Waals surface area (Å²) in [5, 5.41) is 9.34.